The smallest absolute Gasteiger partial charge is 0.228 e. The number of hydrogen-bond acceptors (Lipinski definition) is 3. The van der Waals surface area contributed by atoms with E-state index in [1.807, 2.05) is 58.8 Å². The van der Waals surface area contributed by atoms with E-state index in [-0.39, 0.29) is 11.3 Å². The van der Waals surface area contributed by atoms with Gasteiger partial charge in [0.15, 0.2) is 0 Å². The normalized spacial score (nSPS) is 11.9. The van der Waals surface area contributed by atoms with E-state index in [2.05, 4.69) is 4.90 Å². The molecule has 0 unspecified atom stereocenters. The molecule has 1 rings (SSSR count). The van der Waals surface area contributed by atoms with Gasteiger partial charge < -0.3 is 14.2 Å². The van der Waals surface area contributed by atoms with E-state index in [0.29, 0.717) is 13.1 Å². The minimum absolute atomic E-state index is 0.156. The Morgan fingerprint density at radius 3 is 2.26 bits per heavy atom. The maximum Gasteiger partial charge on any atom is 0.228 e. The summed E-state index contributed by atoms with van der Waals surface area (Å²) in [6.07, 6.45) is 0. The van der Waals surface area contributed by atoms with Gasteiger partial charge in [0.1, 0.15) is 11.5 Å². The van der Waals surface area contributed by atoms with Crippen LogP contribution in [0.5, 0.6) is 0 Å². The van der Waals surface area contributed by atoms with Gasteiger partial charge in [-0.15, -0.1) is 0 Å². The van der Waals surface area contributed by atoms with E-state index in [0.717, 1.165) is 18.1 Å². The number of carbonyl (C=O) groups excluding carboxylic acids is 1. The van der Waals surface area contributed by atoms with Crippen molar-refractivity contribution in [2.45, 2.75) is 34.2 Å². The molecule has 0 saturated carbocycles. The zero-order valence-corrected chi connectivity index (χ0v) is 13.0. The van der Waals surface area contributed by atoms with Gasteiger partial charge in [-0.2, -0.15) is 0 Å². The number of amides is 1. The molecule has 0 spiro atoms. The SMILES string of the molecule is Cc1ccc(CN(CCN(C)C)C(=O)C(C)(C)C)o1. The average molecular weight is 266 g/mol. The number of hydrogen-bond donors (Lipinski definition) is 0. The van der Waals surface area contributed by atoms with Crippen molar-refractivity contribution in [1.29, 1.82) is 0 Å². The lowest BCUT2D eigenvalue weighted by Crippen LogP contribution is -2.42. The van der Waals surface area contributed by atoms with Gasteiger partial charge in [-0.1, -0.05) is 20.8 Å². The van der Waals surface area contributed by atoms with Crippen LogP contribution in [0.4, 0.5) is 0 Å². The predicted octanol–water partition coefficient (Wildman–Crippen LogP) is 2.52. The third kappa shape index (κ3) is 5.07. The highest BCUT2D eigenvalue weighted by Gasteiger charge is 2.27. The van der Waals surface area contributed by atoms with Crippen LogP contribution in [0.1, 0.15) is 32.3 Å². The number of furan rings is 1. The molecule has 1 amide bonds. The highest BCUT2D eigenvalue weighted by atomic mass is 16.3. The predicted molar refractivity (Wildman–Crippen MR) is 76.9 cm³/mol. The molecule has 4 nitrogen and oxygen atoms in total. The second kappa shape index (κ2) is 6.24. The quantitative estimate of drug-likeness (QED) is 0.821. The Kier molecular flexibility index (Phi) is 5.18. The molecule has 0 aliphatic heterocycles. The Hall–Kier alpha value is -1.29. The fourth-order valence-corrected chi connectivity index (χ4v) is 1.81. The van der Waals surface area contributed by atoms with Gasteiger partial charge >= 0.3 is 0 Å². The monoisotopic (exact) mass is 266 g/mol. The first-order valence-electron chi connectivity index (χ1n) is 6.69. The van der Waals surface area contributed by atoms with Crippen molar-refractivity contribution in [1.82, 2.24) is 9.80 Å². The zero-order chi connectivity index (χ0) is 14.6. The first-order chi connectivity index (χ1) is 8.70. The number of aryl methyl sites for hydroxylation is 1. The summed E-state index contributed by atoms with van der Waals surface area (Å²) in [4.78, 5) is 16.4. The summed E-state index contributed by atoms with van der Waals surface area (Å²) in [5, 5.41) is 0. The topological polar surface area (TPSA) is 36.7 Å². The summed E-state index contributed by atoms with van der Waals surface area (Å²) >= 11 is 0. The largest absolute Gasteiger partial charge is 0.464 e. The maximum absolute atomic E-state index is 12.5. The second-order valence-corrected chi connectivity index (χ2v) is 6.29. The summed E-state index contributed by atoms with van der Waals surface area (Å²) in [5.74, 6) is 1.88. The van der Waals surface area contributed by atoms with Crippen LogP contribution in [-0.4, -0.2) is 42.9 Å². The molecular formula is C15H26N2O2. The highest BCUT2D eigenvalue weighted by molar-refractivity contribution is 5.81. The number of rotatable bonds is 5. The number of nitrogens with zero attached hydrogens (tertiary/aromatic N) is 2. The molecule has 19 heavy (non-hydrogen) atoms. The highest BCUT2D eigenvalue weighted by Crippen LogP contribution is 2.19. The molecule has 0 fully saturated rings. The molecule has 4 heteroatoms. The van der Waals surface area contributed by atoms with E-state index < -0.39 is 0 Å². The summed E-state index contributed by atoms with van der Waals surface area (Å²) in [5.41, 5.74) is -0.367. The van der Waals surface area contributed by atoms with Crippen molar-refractivity contribution in [2.24, 2.45) is 5.41 Å². The lowest BCUT2D eigenvalue weighted by Gasteiger charge is -2.29. The van der Waals surface area contributed by atoms with Gasteiger partial charge in [0, 0.05) is 18.5 Å². The van der Waals surface area contributed by atoms with Crippen molar-refractivity contribution >= 4 is 5.91 Å². The molecule has 0 aliphatic rings. The van der Waals surface area contributed by atoms with E-state index in [4.69, 9.17) is 4.42 Å². The second-order valence-electron chi connectivity index (χ2n) is 6.29. The van der Waals surface area contributed by atoms with Crippen LogP contribution in [0, 0.1) is 12.3 Å². The Labute approximate surface area is 116 Å². The number of likely N-dealkylation sites (N-methyl/N-ethyl adjacent to an activating group) is 1. The fourth-order valence-electron chi connectivity index (χ4n) is 1.81. The van der Waals surface area contributed by atoms with Crippen molar-refractivity contribution < 1.29 is 9.21 Å². The molecule has 0 saturated heterocycles. The standard InChI is InChI=1S/C15H26N2O2/c1-12-7-8-13(19-12)11-17(10-9-16(5)6)14(18)15(2,3)4/h7-8H,9-11H2,1-6H3. The van der Waals surface area contributed by atoms with Gasteiger partial charge in [0.2, 0.25) is 5.91 Å². The zero-order valence-electron chi connectivity index (χ0n) is 13.0. The van der Waals surface area contributed by atoms with E-state index in [1.54, 1.807) is 0 Å². The molecule has 0 bridgehead atoms. The lowest BCUT2D eigenvalue weighted by molar-refractivity contribution is -0.140. The van der Waals surface area contributed by atoms with Gasteiger partial charge in [-0.3, -0.25) is 4.79 Å². The first kappa shape index (κ1) is 15.8. The maximum atomic E-state index is 12.5. The molecule has 1 aromatic rings. The van der Waals surface area contributed by atoms with Crippen LogP contribution in [0.25, 0.3) is 0 Å². The lowest BCUT2D eigenvalue weighted by atomic mass is 9.94. The van der Waals surface area contributed by atoms with Gasteiger partial charge in [-0.05, 0) is 33.2 Å². The Balaban J connectivity index is 2.77. The summed E-state index contributed by atoms with van der Waals surface area (Å²) in [7, 11) is 4.02. The molecule has 0 aromatic carbocycles. The van der Waals surface area contributed by atoms with Gasteiger partial charge in [-0.25, -0.2) is 0 Å². The number of carbonyl (C=O) groups is 1. The first-order valence-corrected chi connectivity index (χ1v) is 6.69. The van der Waals surface area contributed by atoms with Crippen LogP contribution < -0.4 is 0 Å². The molecule has 1 heterocycles. The van der Waals surface area contributed by atoms with Crippen LogP contribution in [0.2, 0.25) is 0 Å². The molecule has 0 radical (unpaired) electrons. The van der Waals surface area contributed by atoms with Crippen LogP contribution in [0.3, 0.4) is 0 Å². The molecule has 1 aromatic heterocycles. The summed E-state index contributed by atoms with van der Waals surface area (Å²) < 4.78 is 5.58. The van der Waals surface area contributed by atoms with Crippen molar-refractivity contribution in [3.8, 4) is 0 Å². The third-order valence-corrected chi connectivity index (χ3v) is 2.89. The molecule has 0 N–H and O–H groups in total. The van der Waals surface area contributed by atoms with Crippen LogP contribution >= 0.6 is 0 Å². The summed E-state index contributed by atoms with van der Waals surface area (Å²) in [6, 6.07) is 3.87. The fraction of sp³-hybridized carbons (Fsp3) is 0.667. The van der Waals surface area contributed by atoms with Crippen LogP contribution in [-0.2, 0) is 11.3 Å². The molecule has 0 atom stereocenters. The van der Waals surface area contributed by atoms with Crippen molar-refractivity contribution in [3.05, 3.63) is 23.7 Å². The van der Waals surface area contributed by atoms with E-state index in [9.17, 15) is 4.79 Å². The van der Waals surface area contributed by atoms with Gasteiger partial charge in [0.05, 0.1) is 6.54 Å². The molecule has 108 valence electrons. The average Bonchev–Trinajstić information content (AvgIpc) is 2.67. The Morgan fingerprint density at radius 1 is 1.21 bits per heavy atom. The van der Waals surface area contributed by atoms with Crippen molar-refractivity contribution in [3.63, 3.8) is 0 Å². The van der Waals surface area contributed by atoms with E-state index >= 15 is 0 Å². The Bertz CT molecular complexity index is 416. The minimum atomic E-state index is -0.367. The minimum Gasteiger partial charge on any atom is -0.464 e. The van der Waals surface area contributed by atoms with Crippen LogP contribution in [0.15, 0.2) is 16.5 Å². The van der Waals surface area contributed by atoms with Crippen molar-refractivity contribution in [2.75, 3.05) is 27.2 Å². The summed E-state index contributed by atoms with van der Waals surface area (Å²) in [6.45, 7) is 9.86. The Morgan fingerprint density at radius 2 is 1.84 bits per heavy atom. The molecule has 0 aliphatic carbocycles. The molecular weight excluding hydrogens is 240 g/mol. The third-order valence-electron chi connectivity index (χ3n) is 2.89. The van der Waals surface area contributed by atoms with Gasteiger partial charge in [0.25, 0.3) is 0 Å². The van der Waals surface area contributed by atoms with E-state index in [1.165, 1.54) is 0 Å².